The monoisotopic (exact) mass is 507 g/mol. The van der Waals surface area contributed by atoms with Crippen LogP contribution in [0.5, 0.6) is 0 Å². The molecule has 0 spiro atoms. The van der Waals surface area contributed by atoms with Crippen LogP contribution in [-0.4, -0.2) is 97.9 Å². The lowest BCUT2D eigenvalue weighted by atomic mass is 10.2. The minimum Gasteiger partial charge on any atom is -0.450 e. The van der Waals surface area contributed by atoms with Crippen LogP contribution in [0.4, 0.5) is 18.0 Å². The van der Waals surface area contributed by atoms with Gasteiger partial charge in [0.05, 0.1) is 13.2 Å². The Bertz CT molecular complexity index is 499. The number of hydrogen-bond donors (Lipinski definition) is 1. The zero-order valence-electron chi connectivity index (χ0n) is 15.8. The highest BCUT2D eigenvalue weighted by molar-refractivity contribution is 14.0. The predicted octanol–water partition coefficient (Wildman–Crippen LogP) is 1.98. The molecule has 2 aliphatic heterocycles. The molecule has 2 rings (SSSR count). The van der Waals surface area contributed by atoms with Gasteiger partial charge in [0, 0.05) is 51.9 Å². The van der Waals surface area contributed by atoms with Gasteiger partial charge in [-0.3, -0.25) is 9.89 Å². The molecule has 0 aromatic heterocycles. The van der Waals surface area contributed by atoms with Crippen LogP contribution >= 0.6 is 24.0 Å². The van der Waals surface area contributed by atoms with Gasteiger partial charge in [-0.25, -0.2) is 4.79 Å². The summed E-state index contributed by atoms with van der Waals surface area (Å²) in [6.45, 7) is 6.82. The fourth-order valence-electron chi connectivity index (χ4n) is 3.23. The number of nitrogens with one attached hydrogen (secondary N) is 1. The summed E-state index contributed by atoms with van der Waals surface area (Å²) in [5.41, 5.74) is 0. The fraction of sp³-hybridized carbons (Fsp3) is 0.875. The maximum atomic E-state index is 12.5. The van der Waals surface area contributed by atoms with E-state index in [1.165, 1.54) is 4.90 Å². The summed E-state index contributed by atoms with van der Waals surface area (Å²) in [6.07, 6.45) is -3.83. The molecule has 11 heteroatoms. The van der Waals surface area contributed by atoms with Gasteiger partial charge >= 0.3 is 12.3 Å². The molecule has 7 nitrogen and oxygen atoms in total. The second-order valence-corrected chi connectivity index (χ2v) is 6.45. The highest BCUT2D eigenvalue weighted by atomic mass is 127. The zero-order valence-corrected chi connectivity index (χ0v) is 18.1. The van der Waals surface area contributed by atoms with Crippen molar-refractivity contribution >= 4 is 36.0 Å². The van der Waals surface area contributed by atoms with E-state index in [1.807, 2.05) is 11.8 Å². The average molecular weight is 507 g/mol. The van der Waals surface area contributed by atoms with E-state index in [9.17, 15) is 18.0 Å². The largest absolute Gasteiger partial charge is 0.450 e. The predicted molar refractivity (Wildman–Crippen MR) is 108 cm³/mol. The van der Waals surface area contributed by atoms with Crippen molar-refractivity contribution in [1.82, 2.24) is 20.0 Å². The Kier molecular flexibility index (Phi) is 9.91. The first-order valence-electron chi connectivity index (χ1n) is 9.09. The molecule has 0 aromatic rings. The van der Waals surface area contributed by atoms with Crippen molar-refractivity contribution in [2.75, 3.05) is 59.0 Å². The van der Waals surface area contributed by atoms with Crippen molar-refractivity contribution in [2.45, 2.75) is 32.5 Å². The van der Waals surface area contributed by atoms with E-state index < -0.39 is 12.7 Å². The standard InChI is InChI=1S/C16H28F3N5O2.HI/c1-3-20-14(21-13-5-6-22(11-13)12-16(17,18)19)23-7-9-24(10-8-23)15(25)26-4-2;/h13H,3-12H2,1-2H3,(H,20,21);1H. The third-order valence-corrected chi connectivity index (χ3v) is 4.42. The van der Waals surface area contributed by atoms with Crippen molar-refractivity contribution in [1.29, 1.82) is 0 Å². The molecule has 27 heavy (non-hydrogen) atoms. The van der Waals surface area contributed by atoms with Crippen molar-refractivity contribution < 1.29 is 22.7 Å². The van der Waals surface area contributed by atoms with Gasteiger partial charge in [0.2, 0.25) is 0 Å². The van der Waals surface area contributed by atoms with Gasteiger partial charge in [-0.05, 0) is 20.3 Å². The Morgan fingerprint density at radius 1 is 1.15 bits per heavy atom. The summed E-state index contributed by atoms with van der Waals surface area (Å²) in [4.78, 5) is 21.4. The second-order valence-electron chi connectivity index (χ2n) is 6.45. The number of carbonyl (C=O) groups excluding carboxylic acids is 1. The maximum Gasteiger partial charge on any atom is 0.409 e. The third-order valence-electron chi connectivity index (χ3n) is 4.42. The Labute approximate surface area is 175 Å². The number of rotatable bonds is 4. The molecular formula is C16H29F3IN5O2. The van der Waals surface area contributed by atoms with Gasteiger partial charge in [0.25, 0.3) is 0 Å². The van der Waals surface area contributed by atoms with Gasteiger partial charge in [-0.15, -0.1) is 24.0 Å². The van der Waals surface area contributed by atoms with Crippen molar-refractivity contribution in [2.24, 2.45) is 4.99 Å². The van der Waals surface area contributed by atoms with E-state index in [0.29, 0.717) is 64.8 Å². The number of ether oxygens (including phenoxy) is 1. The quantitative estimate of drug-likeness (QED) is 0.359. The van der Waals surface area contributed by atoms with Crippen LogP contribution in [-0.2, 0) is 4.74 Å². The molecule has 0 saturated carbocycles. The summed E-state index contributed by atoms with van der Waals surface area (Å²) in [5.74, 6) is 0.704. The van der Waals surface area contributed by atoms with Crippen LogP contribution in [0.2, 0.25) is 0 Å². The first-order chi connectivity index (χ1) is 12.3. The number of hydrogen-bond acceptors (Lipinski definition) is 4. The molecule has 1 unspecified atom stereocenters. The molecule has 0 aromatic carbocycles. The lowest BCUT2D eigenvalue weighted by molar-refractivity contribution is -0.143. The van der Waals surface area contributed by atoms with Crippen LogP contribution in [0, 0.1) is 0 Å². The molecule has 1 amide bonds. The van der Waals surface area contributed by atoms with Gasteiger partial charge in [-0.1, -0.05) is 0 Å². The van der Waals surface area contributed by atoms with Crippen LogP contribution in [0.1, 0.15) is 20.3 Å². The highest BCUT2D eigenvalue weighted by Crippen LogP contribution is 2.20. The van der Waals surface area contributed by atoms with Gasteiger partial charge < -0.3 is 19.9 Å². The van der Waals surface area contributed by atoms with E-state index in [2.05, 4.69) is 10.3 Å². The molecule has 0 aliphatic carbocycles. The van der Waals surface area contributed by atoms with Gasteiger partial charge in [0.1, 0.15) is 0 Å². The SMILES string of the molecule is CCN=C(NC1CCN(CC(F)(F)F)C1)N1CCN(C(=O)OCC)CC1.I. The van der Waals surface area contributed by atoms with Crippen molar-refractivity contribution in [3.05, 3.63) is 0 Å². The fourth-order valence-corrected chi connectivity index (χ4v) is 3.23. The molecule has 2 aliphatic rings. The number of halogens is 4. The smallest absolute Gasteiger partial charge is 0.409 e. The third kappa shape index (κ3) is 7.88. The van der Waals surface area contributed by atoms with E-state index in [1.54, 1.807) is 11.8 Å². The minimum absolute atomic E-state index is 0. The summed E-state index contributed by atoms with van der Waals surface area (Å²) in [7, 11) is 0. The van der Waals surface area contributed by atoms with Crippen LogP contribution in [0.25, 0.3) is 0 Å². The minimum atomic E-state index is -4.17. The molecule has 2 saturated heterocycles. The Hall–Kier alpha value is -0.980. The Morgan fingerprint density at radius 3 is 2.33 bits per heavy atom. The van der Waals surface area contributed by atoms with Crippen LogP contribution in [0.15, 0.2) is 4.99 Å². The van der Waals surface area contributed by atoms with Gasteiger partial charge in [-0.2, -0.15) is 13.2 Å². The highest BCUT2D eigenvalue weighted by Gasteiger charge is 2.35. The van der Waals surface area contributed by atoms with Gasteiger partial charge in [0.15, 0.2) is 5.96 Å². The topological polar surface area (TPSA) is 60.4 Å². The van der Waals surface area contributed by atoms with E-state index in [-0.39, 0.29) is 36.1 Å². The van der Waals surface area contributed by atoms with E-state index >= 15 is 0 Å². The molecule has 2 heterocycles. The molecule has 158 valence electrons. The van der Waals surface area contributed by atoms with Crippen LogP contribution in [0.3, 0.4) is 0 Å². The Morgan fingerprint density at radius 2 is 1.78 bits per heavy atom. The summed E-state index contributed by atoms with van der Waals surface area (Å²) in [6, 6.07) is -0.0502. The number of guanidine groups is 1. The number of nitrogens with zero attached hydrogens (tertiary/aromatic N) is 4. The summed E-state index contributed by atoms with van der Waals surface area (Å²) in [5, 5.41) is 3.30. The van der Waals surface area contributed by atoms with Crippen molar-refractivity contribution in [3.63, 3.8) is 0 Å². The zero-order chi connectivity index (χ0) is 19.2. The van der Waals surface area contributed by atoms with E-state index in [0.717, 1.165) is 0 Å². The Balaban J connectivity index is 0.00000364. The lowest BCUT2D eigenvalue weighted by Gasteiger charge is -2.36. The maximum absolute atomic E-state index is 12.5. The molecule has 2 fully saturated rings. The van der Waals surface area contributed by atoms with Crippen molar-refractivity contribution in [3.8, 4) is 0 Å². The summed E-state index contributed by atoms with van der Waals surface area (Å²) < 4.78 is 42.6. The normalized spacial score (nSPS) is 21.8. The number of piperazine rings is 1. The first kappa shape index (κ1) is 24.1. The molecule has 0 bridgehead atoms. The summed E-state index contributed by atoms with van der Waals surface area (Å²) >= 11 is 0. The number of amides is 1. The first-order valence-corrected chi connectivity index (χ1v) is 9.09. The molecule has 1 atom stereocenters. The number of carbonyl (C=O) groups is 1. The average Bonchev–Trinajstić information content (AvgIpc) is 3.00. The molecule has 1 N–H and O–H groups in total. The second kappa shape index (κ2) is 11.1. The number of aliphatic imine (C=N–C) groups is 1. The molecule has 0 radical (unpaired) electrons. The van der Waals surface area contributed by atoms with E-state index in [4.69, 9.17) is 4.74 Å². The molecular weight excluding hydrogens is 478 g/mol. The number of likely N-dealkylation sites (tertiary alicyclic amines) is 1. The van der Waals surface area contributed by atoms with Crippen LogP contribution < -0.4 is 5.32 Å². The number of alkyl halides is 3. The lowest BCUT2D eigenvalue weighted by Crippen LogP contribution is -2.55.